The minimum Gasteiger partial charge on any atom is -0.355 e. The molecule has 2 aromatic carbocycles. The normalized spacial score (nSPS) is 10.7. The van der Waals surface area contributed by atoms with Crippen molar-refractivity contribution in [3.05, 3.63) is 71.4 Å². The summed E-state index contributed by atoms with van der Waals surface area (Å²) in [5, 5.41) is 7.10. The Morgan fingerprint density at radius 3 is 2.69 bits per heavy atom. The van der Waals surface area contributed by atoms with Crippen molar-refractivity contribution in [1.29, 1.82) is 0 Å². The number of fused-ring (bicyclic) bond motifs is 1. The van der Waals surface area contributed by atoms with Crippen LogP contribution in [0, 0.1) is 0 Å². The van der Waals surface area contributed by atoms with Crippen LogP contribution in [0.3, 0.4) is 0 Å². The predicted molar refractivity (Wildman–Crippen MR) is 103 cm³/mol. The lowest BCUT2D eigenvalue weighted by atomic mass is 10.2. The molecule has 0 saturated carbocycles. The molecule has 0 bridgehead atoms. The summed E-state index contributed by atoms with van der Waals surface area (Å²) in [4.78, 5) is 23.8. The van der Waals surface area contributed by atoms with Crippen molar-refractivity contribution >= 4 is 34.3 Å². The molecule has 0 unspecified atom stereocenters. The van der Waals surface area contributed by atoms with E-state index in [2.05, 4.69) is 39.6 Å². The summed E-state index contributed by atoms with van der Waals surface area (Å²) >= 11 is 5.85. The van der Waals surface area contributed by atoms with Gasteiger partial charge in [-0.15, -0.1) is 0 Å². The van der Waals surface area contributed by atoms with Gasteiger partial charge in [0.25, 0.3) is 5.91 Å². The van der Waals surface area contributed by atoms with E-state index in [9.17, 15) is 9.59 Å². The molecule has 134 valence electrons. The van der Waals surface area contributed by atoms with Crippen molar-refractivity contribution in [2.45, 2.75) is 13.0 Å². The van der Waals surface area contributed by atoms with Gasteiger partial charge in [-0.3, -0.25) is 9.59 Å². The highest BCUT2D eigenvalue weighted by atomic mass is 35.5. The summed E-state index contributed by atoms with van der Waals surface area (Å²) < 4.78 is 2.17. The molecule has 1 aromatic heterocycles. The third-order valence-corrected chi connectivity index (χ3v) is 4.31. The molecule has 1 heterocycles. The summed E-state index contributed by atoms with van der Waals surface area (Å²) in [6.45, 7) is 1.32. The van der Waals surface area contributed by atoms with E-state index in [1.165, 1.54) is 10.9 Å². The largest absolute Gasteiger partial charge is 0.355 e. The monoisotopic (exact) mass is 369 g/mol. The first kappa shape index (κ1) is 18.0. The third-order valence-electron chi connectivity index (χ3n) is 4.07. The van der Waals surface area contributed by atoms with Crippen LogP contribution in [0.1, 0.15) is 16.8 Å². The van der Waals surface area contributed by atoms with Crippen LogP contribution in [0.4, 0.5) is 0 Å². The number of carbonyl (C=O) groups is 2. The molecular weight excluding hydrogens is 350 g/mol. The lowest BCUT2D eigenvalue weighted by Gasteiger charge is -2.08. The molecule has 26 heavy (non-hydrogen) atoms. The SMILES string of the molecule is O=C(CNC(=O)c1cccc(Cl)c1)NCCCn1ccc2ccccc21. The Labute approximate surface area is 157 Å². The Morgan fingerprint density at radius 2 is 1.85 bits per heavy atom. The van der Waals surface area contributed by atoms with Gasteiger partial charge in [-0.2, -0.15) is 0 Å². The number of aryl methyl sites for hydroxylation is 1. The molecule has 0 radical (unpaired) electrons. The summed E-state index contributed by atoms with van der Waals surface area (Å²) in [6, 6.07) is 16.9. The predicted octanol–water partition coefficient (Wildman–Crippen LogP) is 3.23. The van der Waals surface area contributed by atoms with Gasteiger partial charge in [0.1, 0.15) is 0 Å². The number of benzene rings is 2. The van der Waals surface area contributed by atoms with Gasteiger partial charge < -0.3 is 15.2 Å². The van der Waals surface area contributed by atoms with Crippen molar-refractivity contribution in [1.82, 2.24) is 15.2 Å². The van der Waals surface area contributed by atoms with E-state index in [4.69, 9.17) is 11.6 Å². The van der Waals surface area contributed by atoms with Gasteiger partial charge in [0.15, 0.2) is 0 Å². The van der Waals surface area contributed by atoms with E-state index in [0.717, 1.165) is 13.0 Å². The summed E-state index contributed by atoms with van der Waals surface area (Å²) in [6.07, 6.45) is 2.87. The zero-order valence-corrected chi connectivity index (χ0v) is 15.0. The molecule has 0 aliphatic carbocycles. The Kier molecular flexibility index (Phi) is 5.92. The molecule has 0 atom stereocenters. The zero-order chi connectivity index (χ0) is 18.4. The second-order valence-electron chi connectivity index (χ2n) is 5.96. The van der Waals surface area contributed by atoms with Crippen LogP contribution in [0.5, 0.6) is 0 Å². The van der Waals surface area contributed by atoms with Crippen LogP contribution in [0.25, 0.3) is 10.9 Å². The summed E-state index contributed by atoms with van der Waals surface area (Å²) in [5.41, 5.74) is 1.62. The van der Waals surface area contributed by atoms with E-state index in [1.54, 1.807) is 24.3 Å². The number of hydrogen-bond acceptors (Lipinski definition) is 2. The number of nitrogens with zero attached hydrogens (tertiary/aromatic N) is 1. The van der Waals surface area contributed by atoms with Crippen LogP contribution < -0.4 is 10.6 Å². The molecule has 2 N–H and O–H groups in total. The van der Waals surface area contributed by atoms with Crippen molar-refractivity contribution in [3.63, 3.8) is 0 Å². The average Bonchev–Trinajstić information content (AvgIpc) is 3.06. The molecule has 0 aliphatic rings. The number of amides is 2. The number of rotatable bonds is 7. The Bertz CT molecular complexity index is 920. The van der Waals surface area contributed by atoms with Crippen LogP contribution in [0.15, 0.2) is 60.8 Å². The molecule has 3 aromatic rings. The number of nitrogens with one attached hydrogen (secondary N) is 2. The van der Waals surface area contributed by atoms with Crippen LogP contribution in [-0.4, -0.2) is 29.5 Å². The second kappa shape index (κ2) is 8.54. The van der Waals surface area contributed by atoms with E-state index in [0.29, 0.717) is 17.1 Å². The quantitative estimate of drug-likeness (QED) is 0.628. The maximum atomic E-state index is 12.0. The maximum Gasteiger partial charge on any atom is 0.251 e. The minimum absolute atomic E-state index is 0.0577. The molecule has 0 saturated heterocycles. The lowest BCUT2D eigenvalue weighted by Crippen LogP contribution is -2.37. The van der Waals surface area contributed by atoms with Crippen molar-refractivity contribution in [2.24, 2.45) is 0 Å². The van der Waals surface area contributed by atoms with Crippen LogP contribution in [-0.2, 0) is 11.3 Å². The number of para-hydroxylation sites is 1. The lowest BCUT2D eigenvalue weighted by molar-refractivity contribution is -0.120. The molecule has 3 rings (SSSR count). The Hall–Kier alpha value is -2.79. The second-order valence-corrected chi connectivity index (χ2v) is 6.40. The first-order chi connectivity index (χ1) is 12.6. The number of hydrogen-bond donors (Lipinski definition) is 2. The maximum absolute atomic E-state index is 12.0. The van der Waals surface area contributed by atoms with E-state index >= 15 is 0 Å². The number of aromatic nitrogens is 1. The van der Waals surface area contributed by atoms with Gasteiger partial charge in [-0.05, 0) is 42.1 Å². The van der Waals surface area contributed by atoms with Crippen molar-refractivity contribution in [3.8, 4) is 0 Å². The van der Waals surface area contributed by atoms with Gasteiger partial charge in [0.05, 0.1) is 6.54 Å². The highest BCUT2D eigenvalue weighted by molar-refractivity contribution is 6.30. The van der Waals surface area contributed by atoms with Crippen molar-refractivity contribution in [2.75, 3.05) is 13.1 Å². The van der Waals surface area contributed by atoms with Crippen LogP contribution >= 0.6 is 11.6 Å². The fourth-order valence-electron chi connectivity index (χ4n) is 2.77. The van der Waals surface area contributed by atoms with Gasteiger partial charge in [0.2, 0.25) is 5.91 Å². The smallest absolute Gasteiger partial charge is 0.251 e. The first-order valence-corrected chi connectivity index (χ1v) is 8.85. The Balaban J connectivity index is 1.38. The topological polar surface area (TPSA) is 63.1 Å². The van der Waals surface area contributed by atoms with E-state index in [-0.39, 0.29) is 18.4 Å². The standard InChI is InChI=1S/C20H20ClN3O2/c21-17-7-3-6-16(13-17)20(26)23-14-19(25)22-10-4-11-24-12-9-15-5-1-2-8-18(15)24/h1-3,5-9,12-13H,4,10-11,14H2,(H,22,25)(H,23,26). The van der Waals surface area contributed by atoms with E-state index < -0.39 is 0 Å². The average molecular weight is 370 g/mol. The minimum atomic E-state index is -0.318. The van der Waals surface area contributed by atoms with Gasteiger partial charge >= 0.3 is 0 Å². The Morgan fingerprint density at radius 1 is 1.00 bits per heavy atom. The van der Waals surface area contributed by atoms with E-state index in [1.807, 2.05) is 12.1 Å². The number of halogens is 1. The number of carbonyl (C=O) groups excluding carboxylic acids is 2. The highest BCUT2D eigenvalue weighted by Crippen LogP contribution is 2.15. The molecule has 5 nitrogen and oxygen atoms in total. The highest BCUT2D eigenvalue weighted by Gasteiger charge is 2.08. The molecule has 0 aliphatic heterocycles. The fraction of sp³-hybridized carbons (Fsp3) is 0.200. The van der Waals surface area contributed by atoms with Gasteiger partial charge in [-0.25, -0.2) is 0 Å². The first-order valence-electron chi connectivity index (χ1n) is 8.48. The van der Waals surface area contributed by atoms with Gasteiger partial charge in [-0.1, -0.05) is 35.9 Å². The molecular formula is C20H20ClN3O2. The van der Waals surface area contributed by atoms with Crippen LogP contribution in [0.2, 0.25) is 5.02 Å². The summed E-state index contributed by atoms with van der Waals surface area (Å²) in [5.74, 6) is -0.529. The molecule has 2 amide bonds. The molecule has 0 fully saturated rings. The zero-order valence-electron chi connectivity index (χ0n) is 14.2. The van der Waals surface area contributed by atoms with Crippen molar-refractivity contribution < 1.29 is 9.59 Å². The molecule has 6 heteroatoms. The third kappa shape index (κ3) is 4.64. The molecule has 0 spiro atoms. The van der Waals surface area contributed by atoms with Gasteiger partial charge in [0, 0.05) is 35.4 Å². The summed E-state index contributed by atoms with van der Waals surface area (Å²) in [7, 11) is 0. The fourth-order valence-corrected chi connectivity index (χ4v) is 2.96.